The van der Waals surface area contributed by atoms with Crippen LogP contribution in [0.15, 0.2) is 18.2 Å². The predicted octanol–water partition coefficient (Wildman–Crippen LogP) is 3.91. The first-order valence-electron chi connectivity index (χ1n) is 7.44. The second-order valence-corrected chi connectivity index (χ2v) is 5.67. The summed E-state index contributed by atoms with van der Waals surface area (Å²) >= 11 is 0. The fourth-order valence-electron chi connectivity index (χ4n) is 2.97. The number of rotatable bonds is 4. The van der Waals surface area contributed by atoms with E-state index in [4.69, 9.17) is 4.74 Å². The number of benzene rings is 1. The monoisotopic (exact) mass is 346 g/mol. The van der Waals surface area contributed by atoms with Gasteiger partial charge in [0, 0.05) is 18.1 Å². The van der Waals surface area contributed by atoms with Gasteiger partial charge in [0.25, 0.3) is 5.69 Å². The van der Waals surface area contributed by atoms with Crippen LogP contribution in [0.4, 0.5) is 24.5 Å². The van der Waals surface area contributed by atoms with Crippen molar-refractivity contribution in [2.24, 2.45) is 11.8 Å². The maximum atomic E-state index is 13.1. The van der Waals surface area contributed by atoms with Crippen LogP contribution in [-0.4, -0.2) is 24.1 Å². The minimum absolute atomic E-state index is 0.0109. The van der Waals surface area contributed by atoms with Gasteiger partial charge in [-0.25, -0.2) is 0 Å². The molecule has 1 N–H and O–H groups in total. The first-order chi connectivity index (χ1) is 11.2. The third-order valence-corrected chi connectivity index (χ3v) is 4.17. The molecule has 1 aromatic rings. The summed E-state index contributed by atoms with van der Waals surface area (Å²) in [6.45, 7) is 0. The van der Waals surface area contributed by atoms with Gasteiger partial charge >= 0.3 is 6.18 Å². The van der Waals surface area contributed by atoms with Crippen molar-refractivity contribution >= 4 is 17.3 Å². The predicted molar refractivity (Wildman–Crippen MR) is 79.8 cm³/mol. The van der Waals surface area contributed by atoms with Gasteiger partial charge in [-0.1, -0.05) is 12.8 Å². The molecule has 0 bridgehead atoms. The summed E-state index contributed by atoms with van der Waals surface area (Å²) < 4.78 is 44.3. The number of amides is 1. The van der Waals surface area contributed by atoms with Crippen molar-refractivity contribution < 1.29 is 27.6 Å². The van der Waals surface area contributed by atoms with Crippen LogP contribution in [0.25, 0.3) is 0 Å². The van der Waals surface area contributed by atoms with Gasteiger partial charge in [0.05, 0.1) is 23.6 Å². The molecular formula is C15H17F3N2O4. The number of nitrogens with one attached hydrogen (secondary N) is 1. The molecule has 0 heterocycles. The van der Waals surface area contributed by atoms with Gasteiger partial charge in [0.15, 0.2) is 0 Å². The van der Waals surface area contributed by atoms with Gasteiger partial charge in [-0.15, -0.1) is 0 Å². The second kappa shape index (κ2) is 7.06. The highest BCUT2D eigenvalue weighted by molar-refractivity contribution is 5.94. The van der Waals surface area contributed by atoms with E-state index in [0.717, 1.165) is 6.07 Å². The summed E-state index contributed by atoms with van der Waals surface area (Å²) in [5.41, 5.74) is -0.301. The number of nitro benzene ring substituents is 1. The Morgan fingerprint density at radius 2 is 2.00 bits per heavy atom. The molecule has 6 nitrogen and oxygen atoms in total. The molecule has 1 aromatic carbocycles. The molecule has 0 aliphatic heterocycles. The van der Waals surface area contributed by atoms with Crippen molar-refractivity contribution in [1.29, 1.82) is 0 Å². The molecule has 24 heavy (non-hydrogen) atoms. The lowest BCUT2D eigenvalue weighted by atomic mass is 9.78. The number of non-ortho nitro benzene ring substituents is 1. The zero-order valence-corrected chi connectivity index (χ0v) is 12.9. The minimum Gasteiger partial charge on any atom is -0.495 e. The number of alkyl halides is 3. The van der Waals surface area contributed by atoms with Crippen LogP contribution in [0.2, 0.25) is 0 Å². The van der Waals surface area contributed by atoms with Gasteiger partial charge < -0.3 is 10.1 Å². The third-order valence-electron chi connectivity index (χ3n) is 4.17. The highest BCUT2D eigenvalue weighted by Gasteiger charge is 2.48. The van der Waals surface area contributed by atoms with Crippen molar-refractivity contribution in [2.75, 3.05) is 12.4 Å². The van der Waals surface area contributed by atoms with Gasteiger partial charge in [-0.05, 0) is 18.9 Å². The summed E-state index contributed by atoms with van der Waals surface area (Å²) in [6, 6.07) is 3.55. The van der Waals surface area contributed by atoms with Crippen molar-refractivity contribution in [3.8, 4) is 5.75 Å². The smallest absolute Gasteiger partial charge is 0.392 e. The normalized spacial score (nSPS) is 21.2. The summed E-state index contributed by atoms with van der Waals surface area (Å²) in [4.78, 5) is 22.5. The van der Waals surface area contributed by atoms with E-state index in [1.807, 2.05) is 0 Å². The SMILES string of the molecule is COc1ccc([N+](=O)[O-])cc1NC(=O)[C@@H]1CCCC[C@H]1C(F)(F)F. The van der Waals surface area contributed by atoms with Gasteiger partial charge in [-0.3, -0.25) is 14.9 Å². The Hall–Kier alpha value is -2.32. The van der Waals surface area contributed by atoms with Gasteiger partial charge in [0.2, 0.25) is 5.91 Å². The number of carbonyl (C=O) groups excluding carboxylic acids is 1. The van der Waals surface area contributed by atoms with Crippen LogP contribution >= 0.6 is 0 Å². The maximum Gasteiger partial charge on any atom is 0.392 e. The van der Waals surface area contributed by atoms with Crippen molar-refractivity contribution in [3.63, 3.8) is 0 Å². The molecule has 9 heteroatoms. The van der Waals surface area contributed by atoms with Crippen LogP contribution in [0.3, 0.4) is 0 Å². The van der Waals surface area contributed by atoms with Crippen LogP contribution in [0.5, 0.6) is 5.75 Å². The fraction of sp³-hybridized carbons (Fsp3) is 0.533. The molecule has 1 fully saturated rings. The van der Waals surface area contributed by atoms with E-state index in [9.17, 15) is 28.1 Å². The Morgan fingerprint density at radius 1 is 1.33 bits per heavy atom. The highest BCUT2D eigenvalue weighted by atomic mass is 19.4. The number of carbonyl (C=O) groups is 1. The van der Waals surface area contributed by atoms with E-state index in [2.05, 4.69) is 5.32 Å². The van der Waals surface area contributed by atoms with Crippen molar-refractivity contribution in [2.45, 2.75) is 31.9 Å². The zero-order valence-electron chi connectivity index (χ0n) is 12.9. The van der Waals surface area contributed by atoms with E-state index in [1.54, 1.807) is 0 Å². The molecule has 2 atom stereocenters. The molecule has 0 spiro atoms. The first kappa shape index (κ1) is 18.0. The Bertz CT molecular complexity index is 634. The summed E-state index contributed by atoms with van der Waals surface area (Å²) in [5.74, 6) is -3.55. The van der Waals surface area contributed by atoms with E-state index in [1.165, 1.54) is 19.2 Å². The van der Waals surface area contributed by atoms with E-state index in [-0.39, 0.29) is 30.0 Å². The molecule has 1 aliphatic rings. The first-order valence-corrected chi connectivity index (χ1v) is 7.44. The topological polar surface area (TPSA) is 81.5 Å². The summed E-state index contributed by atoms with van der Waals surface area (Å²) in [6.07, 6.45) is -3.44. The van der Waals surface area contributed by atoms with Crippen molar-refractivity contribution in [3.05, 3.63) is 28.3 Å². The molecule has 1 saturated carbocycles. The minimum atomic E-state index is -4.45. The lowest BCUT2D eigenvalue weighted by Crippen LogP contribution is -2.39. The maximum absolute atomic E-state index is 13.1. The Balaban J connectivity index is 2.24. The van der Waals surface area contributed by atoms with E-state index < -0.39 is 28.8 Å². The lowest BCUT2D eigenvalue weighted by molar-refractivity contribution is -0.384. The summed E-state index contributed by atoms with van der Waals surface area (Å²) in [5, 5.41) is 13.2. The number of anilines is 1. The van der Waals surface area contributed by atoms with Crippen LogP contribution < -0.4 is 10.1 Å². The number of hydrogen-bond acceptors (Lipinski definition) is 4. The number of halogens is 3. The molecule has 1 amide bonds. The van der Waals surface area contributed by atoms with E-state index in [0.29, 0.717) is 12.8 Å². The van der Waals surface area contributed by atoms with Crippen molar-refractivity contribution in [1.82, 2.24) is 0 Å². The molecule has 2 rings (SSSR count). The molecule has 132 valence electrons. The average Bonchev–Trinajstić information content (AvgIpc) is 2.53. The van der Waals surface area contributed by atoms with Gasteiger partial charge in [-0.2, -0.15) is 13.2 Å². The Morgan fingerprint density at radius 3 is 2.58 bits per heavy atom. The molecule has 0 saturated heterocycles. The fourth-order valence-corrected chi connectivity index (χ4v) is 2.97. The average molecular weight is 346 g/mol. The Kier molecular flexibility index (Phi) is 5.30. The third kappa shape index (κ3) is 3.95. The molecule has 0 aromatic heterocycles. The largest absolute Gasteiger partial charge is 0.495 e. The van der Waals surface area contributed by atoms with Crippen LogP contribution in [0, 0.1) is 22.0 Å². The van der Waals surface area contributed by atoms with E-state index >= 15 is 0 Å². The molecule has 1 aliphatic carbocycles. The number of nitrogens with zero attached hydrogens (tertiary/aromatic N) is 1. The number of methoxy groups -OCH3 is 1. The van der Waals surface area contributed by atoms with Crippen LogP contribution in [-0.2, 0) is 4.79 Å². The molecule has 0 unspecified atom stereocenters. The highest BCUT2D eigenvalue weighted by Crippen LogP contribution is 2.42. The summed E-state index contributed by atoms with van der Waals surface area (Å²) in [7, 11) is 1.30. The quantitative estimate of drug-likeness (QED) is 0.662. The zero-order chi connectivity index (χ0) is 17.9. The standard InChI is InChI=1S/C15H17F3N2O4/c1-24-13-7-6-9(20(22)23)8-12(13)19-14(21)10-4-2-3-5-11(10)15(16,17)18/h6-8,10-11H,2-5H2,1H3,(H,19,21)/t10-,11-/m1/s1. The van der Waals surface area contributed by atoms with Crippen LogP contribution in [0.1, 0.15) is 25.7 Å². The second-order valence-electron chi connectivity index (χ2n) is 5.67. The Labute approximate surface area is 136 Å². The lowest BCUT2D eigenvalue weighted by Gasteiger charge is -2.32. The molecule has 0 radical (unpaired) electrons. The molecular weight excluding hydrogens is 329 g/mol. The number of nitro groups is 1. The number of hydrogen-bond donors (Lipinski definition) is 1. The van der Waals surface area contributed by atoms with Gasteiger partial charge in [0.1, 0.15) is 5.75 Å². The number of ether oxygens (including phenoxy) is 1.